The van der Waals surface area contributed by atoms with Crippen molar-refractivity contribution in [3.63, 3.8) is 0 Å². The molecule has 2 aromatic rings. The average Bonchev–Trinajstić information content (AvgIpc) is 2.64. The number of nitrogens with one attached hydrogen (secondary N) is 2. The van der Waals surface area contributed by atoms with Crippen molar-refractivity contribution < 1.29 is 14.1 Å². The Kier molecular flexibility index (Phi) is 5.51. The first-order chi connectivity index (χ1) is 12.0. The van der Waals surface area contributed by atoms with Gasteiger partial charge < -0.3 is 10.2 Å². The highest BCUT2D eigenvalue weighted by atomic mass is 35.5. The lowest BCUT2D eigenvalue weighted by atomic mass is 9.99. The third kappa shape index (κ3) is 4.27. The van der Waals surface area contributed by atoms with Gasteiger partial charge in [-0.1, -0.05) is 41.9 Å². The van der Waals surface area contributed by atoms with Crippen LogP contribution in [0, 0.1) is 5.82 Å². The quantitative estimate of drug-likeness (QED) is 0.863. The van der Waals surface area contributed by atoms with Crippen LogP contribution in [0.4, 0.5) is 10.1 Å². The van der Waals surface area contributed by atoms with Crippen LogP contribution in [0.25, 0.3) is 5.57 Å². The summed E-state index contributed by atoms with van der Waals surface area (Å²) in [6.45, 7) is 3.53. The van der Waals surface area contributed by atoms with Crippen molar-refractivity contribution in [1.29, 1.82) is 0 Å². The fourth-order valence-electron chi connectivity index (χ4n) is 3.08. The van der Waals surface area contributed by atoms with Gasteiger partial charge in [0.05, 0.1) is 18.8 Å². The van der Waals surface area contributed by atoms with Crippen LogP contribution >= 0.6 is 11.6 Å². The Morgan fingerprint density at radius 2 is 2.00 bits per heavy atom. The second kappa shape index (κ2) is 7.81. The summed E-state index contributed by atoms with van der Waals surface area (Å²) in [5.74, 6) is -0.708. The highest BCUT2D eigenvalue weighted by molar-refractivity contribution is 6.30. The lowest BCUT2D eigenvalue weighted by Crippen LogP contribution is -3.17. The molecule has 5 heteroatoms. The monoisotopic (exact) mass is 359 g/mol. The number of carbonyl (C=O) groups excluding carboxylic acids is 1. The Hall–Kier alpha value is -2.17. The van der Waals surface area contributed by atoms with E-state index in [0.29, 0.717) is 5.02 Å². The fourth-order valence-corrected chi connectivity index (χ4v) is 3.24. The number of rotatable bonds is 4. The second-order valence-corrected chi connectivity index (χ2v) is 6.73. The number of benzene rings is 2. The molecule has 2 aromatic carbocycles. The maximum Gasteiger partial charge on any atom is 0.282 e. The van der Waals surface area contributed by atoms with E-state index in [9.17, 15) is 9.18 Å². The van der Waals surface area contributed by atoms with Crippen molar-refractivity contribution in [2.45, 2.75) is 19.4 Å². The first-order valence-electron chi connectivity index (χ1n) is 8.39. The second-order valence-electron chi connectivity index (χ2n) is 6.29. The molecule has 0 saturated carbocycles. The molecular weight excluding hydrogens is 339 g/mol. The highest BCUT2D eigenvalue weighted by Crippen LogP contribution is 2.20. The molecule has 1 unspecified atom stereocenters. The molecule has 1 aliphatic rings. The molecule has 0 bridgehead atoms. The summed E-state index contributed by atoms with van der Waals surface area (Å²) in [6.07, 6.45) is 3.12. The Morgan fingerprint density at radius 1 is 1.24 bits per heavy atom. The van der Waals surface area contributed by atoms with Gasteiger partial charge in [0.2, 0.25) is 0 Å². The maximum atomic E-state index is 13.8. The van der Waals surface area contributed by atoms with E-state index >= 15 is 0 Å². The van der Waals surface area contributed by atoms with E-state index in [1.807, 2.05) is 25.1 Å². The van der Waals surface area contributed by atoms with E-state index in [4.69, 9.17) is 11.6 Å². The third-order valence-electron chi connectivity index (χ3n) is 4.67. The van der Waals surface area contributed by atoms with Gasteiger partial charge in [-0.15, -0.1) is 0 Å². The van der Waals surface area contributed by atoms with Crippen molar-refractivity contribution in [2.75, 3.05) is 18.4 Å². The number of quaternary nitrogens is 1. The lowest BCUT2D eigenvalue weighted by Gasteiger charge is -2.28. The van der Waals surface area contributed by atoms with Crippen molar-refractivity contribution in [1.82, 2.24) is 0 Å². The van der Waals surface area contributed by atoms with Crippen LogP contribution in [-0.4, -0.2) is 25.0 Å². The molecule has 0 saturated heterocycles. The van der Waals surface area contributed by atoms with Crippen molar-refractivity contribution >= 4 is 28.8 Å². The van der Waals surface area contributed by atoms with E-state index in [1.54, 1.807) is 6.07 Å². The van der Waals surface area contributed by atoms with Crippen LogP contribution in [0.2, 0.25) is 5.02 Å². The maximum absolute atomic E-state index is 13.8. The normalized spacial score (nSPS) is 18.4. The van der Waals surface area contributed by atoms with Crippen LogP contribution in [0.5, 0.6) is 0 Å². The van der Waals surface area contributed by atoms with Gasteiger partial charge in [-0.2, -0.15) is 0 Å². The molecule has 0 fully saturated rings. The standard InChI is InChI=1S/C20H20ClFN2O/c1-14(20(25)23-19-8-7-17(21)13-18(19)22)24-11-9-16(10-12-24)15-5-3-2-4-6-15/h2-9,13-14H,10-12H2,1H3,(H,23,25)/p+1/t14-/m0/s1. The Bertz CT molecular complexity index is 792. The molecule has 25 heavy (non-hydrogen) atoms. The molecule has 1 amide bonds. The summed E-state index contributed by atoms with van der Waals surface area (Å²) in [6, 6.07) is 14.3. The van der Waals surface area contributed by atoms with Crippen molar-refractivity contribution in [3.8, 4) is 0 Å². The number of hydrogen-bond donors (Lipinski definition) is 2. The van der Waals surface area contributed by atoms with Gasteiger partial charge in [-0.05, 0) is 42.3 Å². The molecule has 0 radical (unpaired) electrons. The van der Waals surface area contributed by atoms with Crippen LogP contribution in [0.1, 0.15) is 18.9 Å². The number of anilines is 1. The highest BCUT2D eigenvalue weighted by Gasteiger charge is 2.27. The number of carbonyl (C=O) groups is 1. The number of halogens is 2. The van der Waals surface area contributed by atoms with Gasteiger partial charge in [-0.25, -0.2) is 4.39 Å². The summed E-state index contributed by atoms with van der Waals surface area (Å²) in [4.78, 5) is 13.6. The van der Waals surface area contributed by atoms with Gasteiger partial charge in [0.15, 0.2) is 6.04 Å². The minimum atomic E-state index is -0.520. The zero-order valence-corrected chi connectivity index (χ0v) is 14.8. The topological polar surface area (TPSA) is 33.5 Å². The van der Waals surface area contributed by atoms with E-state index in [1.165, 1.54) is 28.2 Å². The third-order valence-corrected chi connectivity index (χ3v) is 4.90. The van der Waals surface area contributed by atoms with Crippen LogP contribution in [-0.2, 0) is 4.79 Å². The number of hydrogen-bond acceptors (Lipinski definition) is 1. The van der Waals surface area contributed by atoms with Gasteiger partial charge >= 0.3 is 0 Å². The smallest absolute Gasteiger partial charge is 0.282 e. The molecule has 0 aliphatic carbocycles. The van der Waals surface area contributed by atoms with Crippen molar-refractivity contribution in [2.24, 2.45) is 0 Å². The zero-order valence-electron chi connectivity index (χ0n) is 14.1. The molecule has 130 valence electrons. The fraction of sp³-hybridized carbons (Fsp3) is 0.250. The first-order valence-corrected chi connectivity index (χ1v) is 8.77. The molecule has 3 nitrogen and oxygen atoms in total. The van der Waals surface area contributed by atoms with Crippen LogP contribution < -0.4 is 10.2 Å². The average molecular weight is 360 g/mol. The number of amides is 1. The molecule has 2 N–H and O–H groups in total. The summed E-state index contributed by atoms with van der Waals surface area (Å²) >= 11 is 5.74. The predicted octanol–water partition coefficient (Wildman–Crippen LogP) is 3.18. The summed E-state index contributed by atoms with van der Waals surface area (Å²) < 4.78 is 13.8. The molecule has 1 heterocycles. The van der Waals surface area contributed by atoms with E-state index in [-0.39, 0.29) is 17.6 Å². The van der Waals surface area contributed by atoms with E-state index in [2.05, 4.69) is 23.5 Å². The van der Waals surface area contributed by atoms with Gasteiger partial charge in [0, 0.05) is 11.4 Å². The minimum Gasteiger partial charge on any atom is -0.321 e. The lowest BCUT2D eigenvalue weighted by molar-refractivity contribution is -0.909. The molecule has 3 rings (SSSR count). The molecule has 0 spiro atoms. The predicted molar refractivity (Wildman–Crippen MR) is 99.2 cm³/mol. The SMILES string of the molecule is C[C@@H](C(=O)Nc1ccc(Cl)cc1F)[NH+]1CC=C(c2ccccc2)CC1. The van der Waals surface area contributed by atoms with E-state index < -0.39 is 5.82 Å². The first kappa shape index (κ1) is 17.6. The van der Waals surface area contributed by atoms with Gasteiger partial charge in [0.25, 0.3) is 5.91 Å². The zero-order chi connectivity index (χ0) is 17.8. The van der Waals surface area contributed by atoms with Gasteiger partial charge in [0.1, 0.15) is 5.82 Å². The molecular formula is C20H21ClFN2O+. The summed E-state index contributed by atoms with van der Waals surface area (Å²) in [7, 11) is 0. The Balaban J connectivity index is 1.63. The van der Waals surface area contributed by atoms with Crippen LogP contribution in [0.3, 0.4) is 0 Å². The minimum absolute atomic E-state index is 0.165. The molecule has 1 aliphatic heterocycles. The van der Waals surface area contributed by atoms with Gasteiger partial charge in [-0.3, -0.25) is 4.79 Å². The van der Waals surface area contributed by atoms with Crippen molar-refractivity contribution in [3.05, 3.63) is 71.0 Å². The molecule has 0 aromatic heterocycles. The summed E-state index contributed by atoms with van der Waals surface area (Å²) in [5.41, 5.74) is 2.72. The van der Waals surface area contributed by atoms with Crippen LogP contribution in [0.15, 0.2) is 54.6 Å². The Labute approximate surface area is 152 Å². The Morgan fingerprint density at radius 3 is 2.64 bits per heavy atom. The summed E-state index contributed by atoms with van der Waals surface area (Å²) in [5, 5.41) is 2.97. The largest absolute Gasteiger partial charge is 0.321 e. The van der Waals surface area contributed by atoms with E-state index in [0.717, 1.165) is 19.5 Å². The molecule has 2 atom stereocenters.